The quantitative estimate of drug-likeness (QED) is 0.649. The number of nitrogens with zero attached hydrogens (tertiary/aromatic N) is 1. The summed E-state index contributed by atoms with van der Waals surface area (Å²) >= 11 is 0. The number of hydrogen-bond acceptors (Lipinski definition) is 4. The van der Waals surface area contributed by atoms with E-state index in [4.69, 9.17) is 0 Å². The lowest BCUT2D eigenvalue weighted by atomic mass is 9.69. The first-order valence-corrected chi connectivity index (χ1v) is 8.72. The van der Waals surface area contributed by atoms with Crippen molar-refractivity contribution in [2.45, 2.75) is 57.2 Å². The molecule has 1 saturated heterocycles. The van der Waals surface area contributed by atoms with Crippen LogP contribution in [0.5, 0.6) is 0 Å². The first-order chi connectivity index (χ1) is 11.0. The van der Waals surface area contributed by atoms with E-state index in [0.717, 1.165) is 31.4 Å². The molecule has 4 aliphatic rings. The fourth-order valence-corrected chi connectivity index (χ4v) is 4.81. The molecule has 0 aromatic rings. The molecule has 0 aromatic carbocycles. The molecule has 1 amide bonds. The van der Waals surface area contributed by atoms with Crippen molar-refractivity contribution in [2.75, 3.05) is 6.54 Å². The predicted molar refractivity (Wildman–Crippen MR) is 82.3 cm³/mol. The van der Waals surface area contributed by atoms with Crippen LogP contribution in [0.3, 0.4) is 0 Å². The van der Waals surface area contributed by atoms with Crippen molar-refractivity contribution in [3.8, 4) is 0 Å². The fraction of sp³-hybridized carbons (Fsp3) is 0.765. The molecule has 2 heterocycles. The number of carboxylic acid groups (broad SMARTS) is 1. The smallest absolute Gasteiger partial charge is 0.352 e. The maximum atomic E-state index is 12.4. The maximum Gasteiger partial charge on any atom is 0.352 e. The number of carbonyl (C=O) groups excluding carboxylic acids is 1. The Kier molecular flexibility index (Phi) is 3.50. The van der Waals surface area contributed by atoms with Gasteiger partial charge in [0, 0.05) is 18.5 Å². The highest BCUT2D eigenvalue weighted by Gasteiger charge is 2.62. The first kappa shape index (κ1) is 15.1. The summed E-state index contributed by atoms with van der Waals surface area (Å²) in [4.78, 5) is 25.7. The van der Waals surface area contributed by atoms with Gasteiger partial charge in [-0.25, -0.2) is 4.79 Å². The van der Waals surface area contributed by atoms with Gasteiger partial charge in [-0.3, -0.25) is 4.79 Å². The van der Waals surface area contributed by atoms with Crippen LogP contribution < -0.4 is 5.32 Å². The average Bonchev–Trinajstić information content (AvgIpc) is 3.26. The third kappa shape index (κ3) is 2.22. The van der Waals surface area contributed by atoms with Crippen LogP contribution >= 0.6 is 0 Å². The van der Waals surface area contributed by atoms with Gasteiger partial charge in [0.1, 0.15) is 5.70 Å². The SMILES string of the molecule is C[C@@H](O)[C@H]1C(=O)N2C(C(=O)O)=C3[C@H](CNC4CC4)CCC[C@@H]3[C@H]12. The lowest BCUT2D eigenvalue weighted by Crippen LogP contribution is -2.64. The van der Waals surface area contributed by atoms with Gasteiger partial charge in [0.15, 0.2) is 0 Å². The minimum absolute atomic E-state index is 0.109. The number of β-lactam (4-membered cyclic amide) rings is 1. The highest BCUT2D eigenvalue weighted by atomic mass is 16.4. The topological polar surface area (TPSA) is 89.9 Å². The first-order valence-electron chi connectivity index (χ1n) is 8.72. The van der Waals surface area contributed by atoms with E-state index >= 15 is 0 Å². The molecular weight excluding hydrogens is 296 g/mol. The number of nitrogens with one attached hydrogen (secondary N) is 1. The van der Waals surface area contributed by atoms with Gasteiger partial charge in [-0.05, 0) is 44.1 Å². The summed E-state index contributed by atoms with van der Waals surface area (Å²) in [5, 5.41) is 23.1. The highest BCUT2D eigenvalue weighted by Crippen LogP contribution is 2.53. The predicted octanol–water partition coefficient (Wildman–Crippen LogP) is 0.715. The van der Waals surface area contributed by atoms with Crippen LogP contribution in [-0.4, -0.2) is 51.7 Å². The maximum absolute atomic E-state index is 12.4. The summed E-state index contributed by atoms with van der Waals surface area (Å²) in [6, 6.07) is 0.446. The van der Waals surface area contributed by atoms with Crippen LogP contribution in [0.4, 0.5) is 0 Å². The molecule has 6 nitrogen and oxygen atoms in total. The van der Waals surface area contributed by atoms with Crippen molar-refractivity contribution in [3.05, 3.63) is 11.3 Å². The molecule has 6 heteroatoms. The number of hydrogen-bond donors (Lipinski definition) is 3. The molecular formula is C17H24N2O4. The molecule has 23 heavy (non-hydrogen) atoms. The van der Waals surface area contributed by atoms with E-state index in [0.29, 0.717) is 6.04 Å². The number of rotatable bonds is 5. The van der Waals surface area contributed by atoms with Gasteiger partial charge < -0.3 is 20.4 Å². The van der Waals surface area contributed by atoms with Gasteiger partial charge >= 0.3 is 5.97 Å². The Balaban J connectivity index is 1.65. The van der Waals surface area contributed by atoms with Gasteiger partial charge in [0.25, 0.3) is 0 Å². The molecule has 2 saturated carbocycles. The van der Waals surface area contributed by atoms with Crippen LogP contribution in [0.2, 0.25) is 0 Å². The Morgan fingerprint density at radius 3 is 2.70 bits per heavy atom. The van der Waals surface area contributed by atoms with Crippen LogP contribution in [0.15, 0.2) is 11.3 Å². The number of carboxylic acids is 1. The molecule has 0 bridgehead atoms. The van der Waals surface area contributed by atoms with Gasteiger partial charge in [-0.2, -0.15) is 0 Å². The second-order valence-corrected chi connectivity index (χ2v) is 7.49. The van der Waals surface area contributed by atoms with Crippen molar-refractivity contribution in [3.63, 3.8) is 0 Å². The fourth-order valence-electron chi connectivity index (χ4n) is 4.81. The summed E-state index contributed by atoms with van der Waals surface area (Å²) in [7, 11) is 0. The zero-order chi connectivity index (χ0) is 16.3. The highest BCUT2D eigenvalue weighted by molar-refractivity contribution is 6.00. The zero-order valence-electron chi connectivity index (χ0n) is 13.4. The number of aliphatic hydroxyl groups excluding tert-OH is 1. The standard InChI is InChI=1S/C17H24N2O4/c1-8(20)12-14-11-4-2-3-9(7-18-10-5-6-10)13(11)15(17(22)23)19(14)16(12)21/h8-12,14,18,20H,2-7H2,1H3,(H,22,23)/t8-,9+,11+,12-,14-/m1/s1. The summed E-state index contributed by atoms with van der Waals surface area (Å²) in [5.41, 5.74) is 1.17. The minimum Gasteiger partial charge on any atom is -0.477 e. The third-order valence-electron chi connectivity index (χ3n) is 5.97. The molecule has 3 N–H and O–H groups in total. The normalized spacial score (nSPS) is 37.3. The van der Waals surface area contributed by atoms with Crippen molar-refractivity contribution >= 4 is 11.9 Å². The third-order valence-corrected chi connectivity index (χ3v) is 5.97. The summed E-state index contributed by atoms with van der Waals surface area (Å²) < 4.78 is 0. The average molecular weight is 320 g/mol. The van der Waals surface area contributed by atoms with Crippen molar-refractivity contribution in [2.24, 2.45) is 17.8 Å². The lowest BCUT2D eigenvalue weighted by molar-refractivity contribution is -0.163. The molecule has 4 rings (SSSR count). The molecule has 126 valence electrons. The van der Waals surface area contributed by atoms with Crippen LogP contribution in [0.1, 0.15) is 39.0 Å². The lowest BCUT2D eigenvalue weighted by Gasteiger charge is -2.47. The molecule has 5 atom stereocenters. The van der Waals surface area contributed by atoms with E-state index in [2.05, 4.69) is 5.32 Å². The Hall–Kier alpha value is -1.40. The van der Waals surface area contributed by atoms with E-state index in [9.17, 15) is 19.8 Å². The second-order valence-electron chi connectivity index (χ2n) is 7.49. The number of aliphatic carboxylic acids is 1. The van der Waals surface area contributed by atoms with Gasteiger partial charge in [-0.1, -0.05) is 6.42 Å². The van der Waals surface area contributed by atoms with Crippen LogP contribution in [0.25, 0.3) is 0 Å². The van der Waals surface area contributed by atoms with Gasteiger partial charge in [-0.15, -0.1) is 0 Å². The molecule has 2 aliphatic carbocycles. The monoisotopic (exact) mass is 320 g/mol. The zero-order valence-corrected chi connectivity index (χ0v) is 13.4. The van der Waals surface area contributed by atoms with E-state index < -0.39 is 18.0 Å². The molecule has 0 aromatic heterocycles. The second kappa shape index (κ2) is 5.31. The minimum atomic E-state index is -0.997. The van der Waals surface area contributed by atoms with E-state index in [1.165, 1.54) is 17.7 Å². The summed E-state index contributed by atoms with van der Waals surface area (Å²) in [5.74, 6) is -1.35. The van der Waals surface area contributed by atoms with Crippen molar-refractivity contribution in [1.29, 1.82) is 0 Å². The molecule has 3 fully saturated rings. The van der Waals surface area contributed by atoms with Crippen molar-refractivity contribution in [1.82, 2.24) is 10.2 Å². The van der Waals surface area contributed by atoms with E-state index in [1.807, 2.05) is 0 Å². The van der Waals surface area contributed by atoms with Gasteiger partial charge in [0.05, 0.1) is 18.1 Å². The number of carbonyl (C=O) groups is 2. The molecule has 0 spiro atoms. The van der Waals surface area contributed by atoms with Crippen molar-refractivity contribution < 1.29 is 19.8 Å². The summed E-state index contributed by atoms with van der Waals surface area (Å²) in [6.07, 6.45) is 4.66. The molecule has 2 aliphatic heterocycles. The summed E-state index contributed by atoms with van der Waals surface area (Å²) in [6.45, 7) is 2.44. The van der Waals surface area contributed by atoms with Gasteiger partial charge in [0.2, 0.25) is 5.91 Å². The number of fused-ring (bicyclic) bond motifs is 3. The van der Waals surface area contributed by atoms with Crippen LogP contribution in [0, 0.1) is 17.8 Å². The molecule has 0 radical (unpaired) electrons. The Morgan fingerprint density at radius 1 is 1.35 bits per heavy atom. The largest absolute Gasteiger partial charge is 0.477 e. The Labute approximate surface area is 135 Å². The van der Waals surface area contributed by atoms with E-state index in [-0.39, 0.29) is 29.5 Å². The number of amides is 1. The Bertz CT molecular complexity index is 581. The van der Waals surface area contributed by atoms with E-state index in [1.54, 1.807) is 6.92 Å². The van der Waals surface area contributed by atoms with Crippen LogP contribution in [-0.2, 0) is 9.59 Å². The Morgan fingerprint density at radius 2 is 2.09 bits per heavy atom. The molecule has 0 unspecified atom stereocenters. The number of aliphatic hydroxyl groups is 1.